The lowest BCUT2D eigenvalue weighted by Crippen LogP contribution is -2.36. The zero-order chi connectivity index (χ0) is 26.6. The van der Waals surface area contributed by atoms with Crippen LogP contribution < -0.4 is 20.5 Å². The number of amidine groups is 1. The molecule has 1 amide bonds. The van der Waals surface area contributed by atoms with E-state index in [2.05, 4.69) is 21.9 Å². The van der Waals surface area contributed by atoms with E-state index in [1.807, 2.05) is 30.3 Å². The van der Waals surface area contributed by atoms with Crippen molar-refractivity contribution in [2.75, 3.05) is 38.7 Å². The fourth-order valence-electron chi connectivity index (χ4n) is 3.47. The van der Waals surface area contributed by atoms with Gasteiger partial charge in [-0.3, -0.25) is 9.78 Å². The Morgan fingerprint density at radius 1 is 1.22 bits per heavy atom. The minimum atomic E-state index is -0.580. The van der Waals surface area contributed by atoms with Gasteiger partial charge in [0.15, 0.2) is 0 Å². The zero-order valence-corrected chi connectivity index (χ0v) is 21.3. The van der Waals surface area contributed by atoms with Gasteiger partial charge in [0.25, 0.3) is 0 Å². The largest absolute Gasteiger partial charge is 0.491 e. The first-order valence-corrected chi connectivity index (χ1v) is 11.9. The summed E-state index contributed by atoms with van der Waals surface area (Å²) < 4.78 is 11.7. The van der Waals surface area contributed by atoms with E-state index in [1.54, 1.807) is 43.6 Å². The molecule has 194 valence electrons. The molecule has 9 nitrogen and oxygen atoms in total. The Morgan fingerprint density at radius 2 is 2.05 bits per heavy atom. The third-order valence-electron chi connectivity index (χ3n) is 5.27. The number of hydrogen-bond acceptors (Lipinski definition) is 7. The van der Waals surface area contributed by atoms with Crippen LogP contribution in [0.1, 0.15) is 11.3 Å². The number of benzene rings is 2. The Balaban J connectivity index is 1.76. The fourth-order valence-corrected chi connectivity index (χ4v) is 3.70. The van der Waals surface area contributed by atoms with E-state index in [4.69, 9.17) is 31.9 Å². The third kappa shape index (κ3) is 7.70. The number of carbonyl (C=O) groups is 1. The molecule has 2 aromatic carbocycles. The molecule has 10 heteroatoms. The zero-order valence-electron chi connectivity index (χ0n) is 20.6. The number of ether oxygens (including phenoxy) is 2. The van der Waals surface area contributed by atoms with Crippen LogP contribution in [0, 0.1) is 0 Å². The second-order valence-electron chi connectivity index (χ2n) is 7.79. The molecule has 0 spiro atoms. The van der Waals surface area contributed by atoms with Crippen LogP contribution in [-0.4, -0.2) is 60.1 Å². The number of nitrogens with two attached hydrogens (primary N) is 1. The Kier molecular flexibility index (Phi) is 10.3. The number of nitrogens with one attached hydrogen (secondary N) is 1. The molecule has 0 atom stereocenters. The predicted molar refractivity (Wildman–Crippen MR) is 146 cm³/mol. The van der Waals surface area contributed by atoms with Gasteiger partial charge in [-0.15, -0.1) is 6.58 Å². The van der Waals surface area contributed by atoms with E-state index in [-0.39, 0.29) is 25.6 Å². The van der Waals surface area contributed by atoms with Gasteiger partial charge in [0, 0.05) is 25.5 Å². The number of halogens is 1. The molecule has 3 rings (SSSR count). The molecule has 3 aromatic rings. The number of pyridine rings is 1. The van der Waals surface area contributed by atoms with Crippen molar-refractivity contribution in [3.05, 3.63) is 89.7 Å². The Labute approximate surface area is 221 Å². The molecule has 0 bridgehead atoms. The van der Waals surface area contributed by atoms with E-state index < -0.39 is 12.5 Å². The van der Waals surface area contributed by atoms with Crippen LogP contribution in [0.2, 0.25) is 5.02 Å². The average Bonchev–Trinajstić information content (AvgIpc) is 2.92. The summed E-state index contributed by atoms with van der Waals surface area (Å²) in [6.45, 7) is 4.10. The van der Waals surface area contributed by atoms with Gasteiger partial charge in [0.1, 0.15) is 37.2 Å². The van der Waals surface area contributed by atoms with Crippen molar-refractivity contribution >= 4 is 34.7 Å². The Bertz CT molecular complexity index is 1240. The lowest BCUT2D eigenvalue weighted by Gasteiger charge is -2.21. The molecule has 0 unspecified atom stereocenters. The van der Waals surface area contributed by atoms with Crippen LogP contribution in [0.4, 0.5) is 11.4 Å². The van der Waals surface area contributed by atoms with Gasteiger partial charge in [-0.1, -0.05) is 29.8 Å². The summed E-state index contributed by atoms with van der Waals surface area (Å²) in [4.78, 5) is 22.1. The monoisotopic (exact) mass is 523 g/mol. The lowest BCUT2D eigenvalue weighted by atomic mass is 10.1. The standard InChI is InChI=1S/C27H30ClN5O4/c1-3-13-33(25(35)17-34)14-15-36-24-9-6-8-22(30-2)26(24)27(29)32-19-10-11-23(21(28)16-19)37-18-20-7-4-5-12-31-20/h3-12,16,30,34H,1,13-15,17-18H2,2H3,(H2,29,32). The van der Waals surface area contributed by atoms with Crippen LogP contribution in [0.5, 0.6) is 11.5 Å². The van der Waals surface area contributed by atoms with Crippen molar-refractivity contribution in [2.45, 2.75) is 6.61 Å². The first kappa shape index (κ1) is 27.5. The predicted octanol–water partition coefficient (Wildman–Crippen LogP) is 3.78. The number of aromatic nitrogens is 1. The smallest absolute Gasteiger partial charge is 0.248 e. The van der Waals surface area contributed by atoms with Gasteiger partial charge >= 0.3 is 0 Å². The van der Waals surface area contributed by atoms with Crippen LogP contribution in [0.3, 0.4) is 0 Å². The van der Waals surface area contributed by atoms with E-state index in [1.165, 1.54) is 4.90 Å². The van der Waals surface area contributed by atoms with E-state index >= 15 is 0 Å². The summed E-state index contributed by atoms with van der Waals surface area (Å²) in [6.07, 6.45) is 3.29. The van der Waals surface area contributed by atoms with Crippen LogP contribution in [-0.2, 0) is 11.4 Å². The molecular formula is C27H30ClN5O4. The van der Waals surface area contributed by atoms with Crippen LogP contribution >= 0.6 is 11.6 Å². The number of aliphatic hydroxyl groups is 1. The number of aliphatic hydroxyl groups excluding tert-OH is 1. The highest BCUT2D eigenvalue weighted by molar-refractivity contribution is 6.32. The number of carbonyl (C=O) groups excluding carboxylic acids is 1. The highest BCUT2D eigenvalue weighted by Crippen LogP contribution is 2.31. The second kappa shape index (κ2) is 13.9. The molecule has 0 aliphatic carbocycles. The highest BCUT2D eigenvalue weighted by atomic mass is 35.5. The number of anilines is 1. The Morgan fingerprint density at radius 3 is 2.73 bits per heavy atom. The molecule has 0 radical (unpaired) electrons. The van der Waals surface area contributed by atoms with Crippen LogP contribution in [0.25, 0.3) is 0 Å². The number of rotatable bonds is 13. The van der Waals surface area contributed by atoms with Gasteiger partial charge in [-0.25, -0.2) is 4.99 Å². The van der Waals surface area contributed by atoms with Gasteiger partial charge < -0.3 is 30.5 Å². The summed E-state index contributed by atoms with van der Waals surface area (Å²) in [5.74, 6) is 0.807. The topological polar surface area (TPSA) is 122 Å². The Hall–Kier alpha value is -4.08. The van der Waals surface area contributed by atoms with Crippen molar-refractivity contribution in [1.82, 2.24) is 9.88 Å². The molecular weight excluding hydrogens is 494 g/mol. The molecule has 0 fully saturated rings. The van der Waals surface area contributed by atoms with Gasteiger partial charge in [-0.2, -0.15) is 0 Å². The second-order valence-corrected chi connectivity index (χ2v) is 8.19. The van der Waals surface area contributed by atoms with Gasteiger partial charge in [0.05, 0.1) is 28.5 Å². The van der Waals surface area contributed by atoms with Gasteiger partial charge in [0.2, 0.25) is 5.91 Å². The molecule has 0 aliphatic rings. The summed E-state index contributed by atoms with van der Waals surface area (Å²) in [7, 11) is 1.77. The minimum Gasteiger partial charge on any atom is -0.491 e. The maximum absolute atomic E-state index is 11.9. The molecule has 4 N–H and O–H groups in total. The molecule has 0 saturated carbocycles. The van der Waals surface area contributed by atoms with E-state index in [0.29, 0.717) is 34.3 Å². The highest BCUT2D eigenvalue weighted by Gasteiger charge is 2.16. The van der Waals surface area contributed by atoms with Crippen molar-refractivity contribution < 1.29 is 19.4 Å². The molecule has 1 aromatic heterocycles. The first-order chi connectivity index (χ1) is 18.0. The van der Waals surface area contributed by atoms with Crippen molar-refractivity contribution in [3.8, 4) is 11.5 Å². The SMILES string of the molecule is C=CCN(CCOc1cccc(NC)c1C(N)=Nc1ccc(OCc2ccccn2)c(Cl)c1)C(=O)CO. The summed E-state index contributed by atoms with van der Waals surface area (Å²) in [5.41, 5.74) is 9.02. The maximum atomic E-state index is 11.9. The molecule has 37 heavy (non-hydrogen) atoms. The average molecular weight is 524 g/mol. The summed E-state index contributed by atoms with van der Waals surface area (Å²) in [5, 5.41) is 12.7. The first-order valence-electron chi connectivity index (χ1n) is 11.6. The minimum absolute atomic E-state index is 0.182. The fraction of sp³-hybridized carbons (Fsp3) is 0.222. The van der Waals surface area contributed by atoms with E-state index in [0.717, 1.165) is 11.4 Å². The third-order valence-corrected chi connectivity index (χ3v) is 5.57. The van der Waals surface area contributed by atoms with Crippen molar-refractivity contribution in [1.29, 1.82) is 0 Å². The number of amides is 1. The lowest BCUT2D eigenvalue weighted by molar-refractivity contribution is -0.134. The van der Waals surface area contributed by atoms with Crippen molar-refractivity contribution in [3.63, 3.8) is 0 Å². The summed E-state index contributed by atoms with van der Waals surface area (Å²) >= 11 is 6.43. The number of aliphatic imine (C=N–C) groups is 1. The molecule has 0 saturated heterocycles. The van der Waals surface area contributed by atoms with Gasteiger partial charge in [-0.05, 0) is 42.5 Å². The number of nitrogens with zero attached hydrogens (tertiary/aromatic N) is 3. The quantitative estimate of drug-likeness (QED) is 0.177. The molecule has 0 aliphatic heterocycles. The van der Waals surface area contributed by atoms with Crippen molar-refractivity contribution in [2.24, 2.45) is 10.7 Å². The summed E-state index contributed by atoms with van der Waals surface area (Å²) in [6, 6.07) is 16.2. The number of hydrogen-bond donors (Lipinski definition) is 3. The molecule has 1 heterocycles. The van der Waals surface area contributed by atoms with Crippen LogP contribution in [0.15, 0.2) is 78.4 Å². The maximum Gasteiger partial charge on any atom is 0.248 e. The van der Waals surface area contributed by atoms with E-state index in [9.17, 15) is 4.79 Å². The normalized spacial score (nSPS) is 11.1.